The van der Waals surface area contributed by atoms with Gasteiger partial charge in [-0.2, -0.15) is 0 Å². The first kappa shape index (κ1) is 13.7. The zero-order chi connectivity index (χ0) is 14.8. The highest BCUT2D eigenvalue weighted by Crippen LogP contribution is 2.64. The van der Waals surface area contributed by atoms with Gasteiger partial charge in [-0.05, 0) is 67.8 Å². The second-order valence-electron chi connectivity index (χ2n) is 8.39. The molecular weight excluding hydrogens is 260 g/mol. The van der Waals surface area contributed by atoms with Crippen LogP contribution in [-0.4, -0.2) is 11.6 Å². The summed E-state index contributed by atoms with van der Waals surface area (Å²) >= 11 is 0. The average Bonchev–Trinajstić information content (AvgIpc) is 2.76. The minimum Gasteiger partial charge on any atom is -0.299 e. The first-order valence-corrected chi connectivity index (χ1v) is 8.72. The maximum Gasteiger partial charge on any atom is 0.155 e. The standard InChI is InChI=1S/C19H26O2/c1-18-9-7-13(20)11-12(18)3-4-14-15-5-6-17(21)19(15,2)10-8-16(14)18/h11,14-16H,3-10H2,1-2H3/t14?,15?,16?,18?,19-/m0/s1. The Kier molecular flexibility index (Phi) is 2.81. The van der Waals surface area contributed by atoms with Crippen LogP contribution in [0, 0.1) is 28.6 Å². The summed E-state index contributed by atoms with van der Waals surface area (Å²) < 4.78 is 0. The number of carbonyl (C=O) groups is 2. The molecule has 0 aliphatic heterocycles. The van der Waals surface area contributed by atoms with Crippen LogP contribution < -0.4 is 0 Å². The molecule has 4 aliphatic carbocycles. The van der Waals surface area contributed by atoms with Crippen molar-refractivity contribution >= 4 is 11.6 Å². The van der Waals surface area contributed by atoms with E-state index < -0.39 is 0 Å². The molecule has 0 bridgehead atoms. The van der Waals surface area contributed by atoms with Gasteiger partial charge in [0, 0.05) is 18.3 Å². The molecule has 0 amide bonds. The van der Waals surface area contributed by atoms with Crippen LogP contribution in [-0.2, 0) is 9.59 Å². The van der Waals surface area contributed by atoms with E-state index in [1.807, 2.05) is 6.08 Å². The molecule has 4 rings (SSSR count). The molecular formula is C19H26O2. The van der Waals surface area contributed by atoms with Crippen molar-refractivity contribution in [1.82, 2.24) is 0 Å². The third-order valence-corrected chi connectivity index (χ3v) is 7.67. The molecule has 2 nitrogen and oxygen atoms in total. The molecule has 3 saturated carbocycles. The summed E-state index contributed by atoms with van der Waals surface area (Å²) in [5, 5.41) is 0. The van der Waals surface area contributed by atoms with Gasteiger partial charge in [0.05, 0.1) is 0 Å². The van der Waals surface area contributed by atoms with E-state index in [1.54, 1.807) is 0 Å². The zero-order valence-electron chi connectivity index (χ0n) is 13.3. The zero-order valence-corrected chi connectivity index (χ0v) is 13.3. The third-order valence-electron chi connectivity index (χ3n) is 7.67. The molecule has 4 aliphatic rings. The van der Waals surface area contributed by atoms with Crippen molar-refractivity contribution < 1.29 is 9.59 Å². The summed E-state index contributed by atoms with van der Waals surface area (Å²) in [4.78, 5) is 24.1. The van der Waals surface area contributed by atoms with E-state index in [4.69, 9.17) is 0 Å². The summed E-state index contributed by atoms with van der Waals surface area (Å²) in [5.74, 6) is 2.88. The lowest BCUT2D eigenvalue weighted by Crippen LogP contribution is -2.50. The minimum absolute atomic E-state index is 0.0246. The lowest BCUT2D eigenvalue weighted by molar-refractivity contribution is -0.132. The van der Waals surface area contributed by atoms with E-state index in [9.17, 15) is 9.59 Å². The number of Topliss-reactive ketones (excluding diaryl/α,β-unsaturated/α-hetero) is 1. The van der Waals surface area contributed by atoms with Crippen molar-refractivity contribution in [3.05, 3.63) is 11.6 Å². The maximum atomic E-state index is 12.4. The van der Waals surface area contributed by atoms with Crippen LogP contribution >= 0.6 is 0 Å². The van der Waals surface area contributed by atoms with Gasteiger partial charge < -0.3 is 0 Å². The number of fused-ring (bicyclic) bond motifs is 5. The fourth-order valence-electron chi connectivity index (χ4n) is 6.33. The Morgan fingerprint density at radius 1 is 0.905 bits per heavy atom. The number of hydrogen-bond donors (Lipinski definition) is 0. The number of ketones is 2. The molecule has 0 aromatic heterocycles. The average molecular weight is 286 g/mol. The molecule has 0 saturated heterocycles. The minimum atomic E-state index is -0.0246. The molecule has 0 N–H and O–H groups in total. The van der Waals surface area contributed by atoms with Crippen molar-refractivity contribution in [2.24, 2.45) is 28.6 Å². The van der Waals surface area contributed by atoms with Gasteiger partial charge in [-0.15, -0.1) is 0 Å². The number of carbonyl (C=O) groups excluding carboxylic acids is 2. The summed E-state index contributed by atoms with van der Waals surface area (Å²) in [6, 6.07) is 0. The van der Waals surface area contributed by atoms with E-state index in [1.165, 1.54) is 18.4 Å². The molecule has 5 atom stereocenters. The van der Waals surface area contributed by atoms with Crippen LogP contribution in [0.2, 0.25) is 0 Å². The van der Waals surface area contributed by atoms with Crippen LogP contribution in [0.25, 0.3) is 0 Å². The predicted molar refractivity (Wildman–Crippen MR) is 81.7 cm³/mol. The second-order valence-corrected chi connectivity index (χ2v) is 8.39. The summed E-state index contributed by atoms with van der Waals surface area (Å²) in [6.07, 6.45) is 10.2. The fraction of sp³-hybridized carbons (Fsp3) is 0.789. The van der Waals surface area contributed by atoms with Crippen molar-refractivity contribution in [2.45, 2.75) is 65.2 Å². The van der Waals surface area contributed by atoms with Crippen LogP contribution in [0.1, 0.15) is 65.2 Å². The Hall–Kier alpha value is -0.920. The number of hydrogen-bond acceptors (Lipinski definition) is 2. The summed E-state index contributed by atoms with van der Waals surface area (Å²) in [7, 11) is 0. The number of allylic oxidation sites excluding steroid dienone is 1. The molecule has 2 heteroatoms. The van der Waals surface area contributed by atoms with E-state index in [2.05, 4.69) is 13.8 Å². The van der Waals surface area contributed by atoms with E-state index in [0.717, 1.165) is 38.5 Å². The lowest BCUT2D eigenvalue weighted by Gasteiger charge is -2.56. The largest absolute Gasteiger partial charge is 0.299 e. The SMILES string of the molecule is CC12CCC(=O)C=C1CCC1C2CC[C@]2(C)C(=O)CCC12. The first-order chi connectivity index (χ1) is 9.95. The smallest absolute Gasteiger partial charge is 0.155 e. The highest BCUT2D eigenvalue weighted by molar-refractivity contribution is 5.91. The Morgan fingerprint density at radius 3 is 2.48 bits per heavy atom. The van der Waals surface area contributed by atoms with Gasteiger partial charge >= 0.3 is 0 Å². The summed E-state index contributed by atoms with van der Waals surface area (Å²) in [5.41, 5.74) is 1.64. The van der Waals surface area contributed by atoms with Gasteiger partial charge in [-0.1, -0.05) is 19.4 Å². The molecule has 0 heterocycles. The van der Waals surface area contributed by atoms with E-state index in [-0.39, 0.29) is 10.8 Å². The van der Waals surface area contributed by atoms with Crippen LogP contribution in [0.15, 0.2) is 11.6 Å². The molecule has 3 fully saturated rings. The Morgan fingerprint density at radius 2 is 1.67 bits per heavy atom. The number of rotatable bonds is 0. The lowest BCUT2D eigenvalue weighted by atomic mass is 9.47. The van der Waals surface area contributed by atoms with Gasteiger partial charge in [-0.25, -0.2) is 0 Å². The normalized spacial score (nSPS) is 49.2. The van der Waals surface area contributed by atoms with Gasteiger partial charge in [0.2, 0.25) is 0 Å². The van der Waals surface area contributed by atoms with E-state index >= 15 is 0 Å². The maximum absolute atomic E-state index is 12.4. The second kappa shape index (κ2) is 4.30. The first-order valence-electron chi connectivity index (χ1n) is 8.72. The predicted octanol–water partition coefficient (Wildman–Crippen LogP) is 4.09. The van der Waals surface area contributed by atoms with Gasteiger partial charge in [0.1, 0.15) is 5.78 Å². The molecule has 0 spiro atoms. The fourth-order valence-corrected chi connectivity index (χ4v) is 6.33. The Labute approximate surface area is 127 Å². The van der Waals surface area contributed by atoms with Crippen LogP contribution in [0.5, 0.6) is 0 Å². The Bertz CT molecular complexity index is 546. The quantitative estimate of drug-likeness (QED) is 0.672. The molecule has 4 unspecified atom stereocenters. The van der Waals surface area contributed by atoms with Crippen molar-refractivity contribution in [2.75, 3.05) is 0 Å². The Balaban J connectivity index is 1.70. The summed E-state index contributed by atoms with van der Waals surface area (Å²) in [6.45, 7) is 4.64. The monoisotopic (exact) mass is 286 g/mol. The molecule has 0 aromatic carbocycles. The van der Waals surface area contributed by atoms with Crippen LogP contribution in [0.3, 0.4) is 0 Å². The van der Waals surface area contributed by atoms with Crippen molar-refractivity contribution in [3.8, 4) is 0 Å². The van der Waals surface area contributed by atoms with Crippen molar-refractivity contribution in [3.63, 3.8) is 0 Å². The molecule has 21 heavy (non-hydrogen) atoms. The molecule has 0 radical (unpaired) electrons. The third kappa shape index (κ3) is 1.71. The highest BCUT2D eigenvalue weighted by atomic mass is 16.1. The van der Waals surface area contributed by atoms with Gasteiger partial charge in [-0.3, -0.25) is 9.59 Å². The highest BCUT2D eigenvalue weighted by Gasteiger charge is 2.58. The van der Waals surface area contributed by atoms with Crippen LogP contribution in [0.4, 0.5) is 0 Å². The van der Waals surface area contributed by atoms with E-state index in [0.29, 0.717) is 29.3 Å². The van der Waals surface area contributed by atoms with Gasteiger partial charge in [0.15, 0.2) is 5.78 Å². The molecule has 0 aromatic rings. The van der Waals surface area contributed by atoms with Crippen molar-refractivity contribution in [1.29, 1.82) is 0 Å². The van der Waals surface area contributed by atoms with Gasteiger partial charge in [0.25, 0.3) is 0 Å². The topological polar surface area (TPSA) is 34.1 Å². The molecule has 114 valence electrons.